The molecule has 0 aliphatic carbocycles. The molecular formula is C24H19ClN4O2. The van der Waals surface area contributed by atoms with E-state index in [-0.39, 0.29) is 24.8 Å². The zero-order valence-corrected chi connectivity index (χ0v) is 17.8. The predicted octanol–water partition coefficient (Wildman–Crippen LogP) is 3.75. The van der Waals surface area contributed by atoms with E-state index >= 15 is 0 Å². The van der Waals surface area contributed by atoms with Crippen molar-refractivity contribution in [1.29, 1.82) is 0 Å². The highest BCUT2D eigenvalue weighted by molar-refractivity contribution is 6.34. The number of aryl methyl sites for hydroxylation is 2. The first kappa shape index (κ1) is 19.4. The van der Waals surface area contributed by atoms with E-state index in [0.717, 1.165) is 16.8 Å². The number of amides is 2. The Morgan fingerprint density at radius 2 is 2.03 bits per heavy atom. The van der Waals surface area contributed by atoms with Crippen molar-refractivity contribution in [3.8, 4) is 18.0 Å². The highest BCUT2D eigenvalue weighted by Gasteiger charge is 2.58. The topological polar surface area (TPSA) is 67.2 Å². The standard InChI is InChI=1S/C24H19ClN4O2/c1-4-10-28-19-7-5-6-18(25)21(19)24(23(28)31)12-20(30)27-22-17(24)13-26-29(22)16-9-8-14(2)15(3)11-16/h1,5-9,11,13H,10,12H2,2-3H3,(H,27,30)/t24-/m1/s1. The van der Waals surface area contributed by atoms with E-state index in [9.17, 15) is 9.59 Å². The van der Waals surface area contributed by atoms with Crippen LogP contribution in [0, 0.1) is 26.2 Å². The maximum atomic E-state index is 13.8. The average Bonchev–Trinajstić information content (AvgIpc) is 3.25. The number of nitrogens with one attached hydrogen (secondary N) is 1. The van der Waals surface area contributed by atoms with Crippen molar-refractivity contribution >= 4 is 34.9 Å². The van der Waals surface area contributed by atoms with E-state index in [4.69, 9.17) is 18.0 Å². The van der Waals surface area contributed by atoms with E-state index in [1.165, 1.54) is 4.90 Å². The molecule has 0 fully saturated rings. The maximum absolute atomic E-state index is 13.8. The van der Waals surface area contributed by atoms with Crippen molar-refractivity contribution in [2.45, 2.75) is 25.7 Å². The van der Waals surface area contributed by atoms with Crippen LogP contribution >= 0.6 is 11.6 Å². The van der Waals surface area contributed by atoms with Gasteiger partial charge >= 0.3 is 0 Å². The summed E-state index contributed by atoms with van der Waals surface area (Å²) < 4.78 is 1.66. The van der Waals surface area contributed by atoms with Crippen LogP contribution in [-0.2, 0) is 15.0 Å². The fourth-order valence-electron chi connectivity index (χ4n) is 4.62. The summed E-state index contributed by atoms with van der Waals surface area (Å²) in [6, 6.07) is 11.3. The Kier molecular flexibility index (Phi) is 4.21. The number of anilines is 2. The summed E-state index contributed by atoms with van der Waals surface area (Å²) in [7, 11) is 0. The molecule has 0 unspecified atom stereocenters. The monoisotopic (exact) mass is 430 g/mol. The largest absolute Gasteiger partial charge is 0.310 e. The van der Waals surface area contributed by atoms with Crippen LogP contribution in [0.1, 0.15) is 28.7 Å². The Balaban J connectivity index is 1.78. The molecule has 6 nitrogen and oxygen atoms in total. The molecule has 1 atom stereocenters. The third-order valence-corrected chi connectivity index (χ3v) is 6.53. The quantitative estimate of drug-likeness (QED) is 0.629. The van der Waals surface area contributed by atoms with Crippen LogP contribution < -0.4 is 10.2 Å². The van der Waals surface area contributed by atoms with E-state index in [1.807, 2.05) is 38.1 Å². The number of carbonyl (C=O) groups is 2. The second kappa shape index (κ2) is 6.73. The summed E-state index contributed by atoms with van der Waals surface area (Å²) in [6.45, 7) is 4.14. The van der Waals surface area contributed by atoms with Gasteiger partial charge in [0.1, 0.15) is 11.2 Å². The van der Waals surface area contributed by atoms with Gasteiger partial charge in [0.05, 0.1) is 24.1 Å². The number of fused-ring (bicyclic) bond motifs is 4. The van der Waals surface area contributed by atoms with Gasteiger partial charge in [-0.15, -0.1) is 6.42 Å². The highest BCUT2D eigenvalue weighted by atomic mass is 35.5. The molecule has 31 heavy (non-hydrogen) atoms. The van der Waals surface area contributed by atoms with Gasteiger partial charge in [0, 0.05) is 22.6 Å². The lowest BCUT2D eigenvalue weighted by atomic mass is 9.71. The molecule has 3 heterocycles. The average molecular weight is 431 g/mol. The molecule has 0 bridgehead atoms. The molecule has 2 aliphatic rings. The molecule has 0 saturated carbocycles. The van der Waals surface area contributed by atoms with E-state index in [2.05, 4.69) is 16.3 Å². The minimum atomic E-state index is -1.26. The zero-order chi connectivity index (χ0) is 21.9. The van der Waals surface area contributed by atoms with Crippen molar-refractivity contribution in [2.75, 3.05) is 16.8 Å². The summed E-state index contributed by atoms with van der Waals surface area (Å²) in [5, 5.41) is 7.89. The highest BCUT2D eigenvalue weighted by Crippen LogP contribution is 2.54. The number of hydrogen-bond donors (Lipinski definition) is 1. The predicted molar refractivity (Wildman–Crippen MR) is 120 cm³/mol. The molecule has 2 aliphatic heterocycles. The summed E-state index contributed by atoms with van der Waals surface area (Å²) in [5.74, 6) is 2.48. The number of benzene rings is 2. The fourth-order valence-corrected chi connectivity index (χ4v) is 4.95. The van der Waals surface area contributed by atoms with E-state index in [0.29, 0.717) is 27.7 Å². The van der Waals surface area contributed by atoms with E-state index < -0.39 is 5.41 Å². The molecule has 2 amide bonds. The molecule has 0 radical (unpaired) electrons. The van der Waals surface area contributed by atoms with Gasteiger partial charge in [-0.05, 0) is 49.2 Å². The molecule has 5 rings (SSSR count). The Bertz CT molecular complexity index is 1320. The van der Waals surface area contributed by atoms with Crippen LogP contribution in [0.15, 0.2) is 42.6 Å². The van der Waals surface area contributed by atoms with Crippen molar-refractivity contribution < 1.29 is 9.59 Å². The van der Waals surface area contributed by atoms with Gasteiger partial charge in [0.2, 0.25) is 11.8 Å². The van der Waals surface area contributed by atoms with Crippen LogP contribution in [0.3, 0.4) is 0 Å². The van der Waals surface area contributed by atoms with Crippen LogP contribution in [0.5, 0.6) is 0 Å². The summed E-state index contributed by atoms with van der Waals surface area (Å²) >= 11 is 6.61. The fraction of sp³-hybridized carbons (Fsp3) is 0.208. The molecule has 0 saturated heterocycles. The molecule has 1 aromatic heterocycles. The van der Waals surface area contributed by atoms with Gasteiger partial charge in [0.25, 0.3) is 0 Å². The van der Waals surface area contributed by atoms with Gasteiger partial charge < -0.3 is 5.32 Å². The van der Waals surface area contributed by atoms with Crippen molar-refractivity contribution in [3.63, 3.8) is 0 Å². The number of carbonyl (C=O) groups excluding carboxylic acids is 2. The molecule has 7 heteroatoms. The summed E-state index contributed by atoms with van der Waals surface area (Å²) in [4.78, 5) is 28.2. The first-order chi connectivity index (χ1) is 14.9. The van der Waals surface area contributed by atoms with Gasteiger partial charge in [0.15, 0.2) is 0 Å². The van der Waals surface area contributed by atoms with Gasteiger partial charge in [-0.25, -0.2) is 4.68 Å². The Morgan fingerprint density at radius 1 is 1.23 bits per heavy atom. The number of halogens is 1. The number of rotatable bonds is 2. The third-order valence-electron chi connectivity index (χ3n) is 6.22. The molecule has 2 aromatic carbocycles. The lowest BCUT2D eigenvalue weighted by Gasteiger charge is -2.32. The first-order valence-electron chi connectivity index (χ1n) is 9.89. The van der Waals surface area contributed by atoms with Gasteiger partial charge in [-0.1, -0.05) is 29.7 Å². The van der Waals surface area contributed by atoms with Crippen LogP contribution in [0.2, 0.25) is 5.02 Å². The Labute approximate surface area is 184 Å². The second-order valence-electron chi connectivity index (χ2n) is 7.95. The Morgan fingerprint density at radius 3 is 2.77 bits per heavy atom. The molecule has 154 valence electrons. The maximum Gasteiger partial charge on any atom is 0.243 e. The van der Waals surface area contributed by atoms with Crippen molar-refractivity contribution in [1.82, 2.24) is 9.78 Å². The van der Waals surface area contributed by atoms with Crippen molar-refractivity contribution in [3.05, 3.63) is 69.9 Å². The SMILES string of the molecule is C#CCN1C(=O)[C@@]2(CC(=O)Nc3c2cnn3-c2ccc(C)c(C)c2)c2c(Cl)cccc21. The Hall–Kier alpha value is -3.56. The van der Waals surface area contributed by atoms with Crippen LogP contribution in [0.4, 0.5) is 11.5 Å². The van der Waals surface area contributed by atoms with Gasteiger partial charge in [-0.3, -0.25) is 14.5 Å². The number of nitrogens with zero attached hydrogens (tertiary/aromatic N) is 3. The first-order valence-corrected chi connectivity index (χ1v) is 10.3. The third kappa shape index (κ3) is 2.57. The lowest BCUT2D eigenvalue weighted by Crippen LogP contribution is -2.46. The molecular weight excluding hydrogens is 412 g/mol. The smallest absolute Gasteiger partial charge is 0.243 e. The number of aromatic nitrogens is 2. The second-order valence-corrected chi connectivity index (χ2v) is 8.35. The van der Waals surface area contributed by atoms with Crippen LogP contribution in [-0.4, -0.2) is 28.1 Å². The normalized spacial score (nSPS) is 19.2. The molecule has 1 N–H and O–H groups in total. The van der Waals surface area contributed by atoms with Crippen LogP contribution in [0.25, 0.3) is 5.69 Å². The lowest BCUT2D eigenvalue weighted by molar-refractivity contribution is -0.126. The zero-order valence-electron chi connectivity index (χ0n) is 17.1. The number of terminal acetylenes is 1. The van der Waals surface area contributed by atoms with Crippen molar-refractivity contribution in [2.24, 2.45) is 0 Å². The van der Waals surface area contributed by atoms with Gasteiger partial charge in [-0.2, -0.15) is 5.10 Å². The molecule has 1 spiro atoms. The van der Waals surface area contributed by atoms with E-state index in [1.54, 1.807) is 23.0 Å². The molecule has 3 aromatic rings. The minimum absolute atomic E-state index is 0.0603. The summed E-state index contributed by atoms with van der Waals surface area (Å²) in [6.07, 6.45) is 7.13. The summed E-state index contributed by atoms with van der Waals surface area (Å²) in [5.41, 5.74) is 3.64. The minimum Gasteiger partial charge on any atom is -0.310 e. The number of hydrogen-bond acceptors (Lipinski definition) is 3.